The van der Waals surface area contributed by atoms with Crippen LogP contribution < -0.4 is 4.74 Å². The molecule has 1 aliphatic rings. The molecule has 1 aromatic rings. The third kappa shape index (κ3) is 3.30. The summed E-state index contributed by atoms with van der Waals surface area (Å²) in [5.74, 6) is -0.210. The molecule has 0 aliphatic carbocycles. The predicted octanol–water partition coefficient (Wildman–Crippen LogP) is 1.92. The fraction of sp³-hybridized carbons (Fsp3) is 0.429. The van der Waals surface area contributed by atoms with E-state index in [0.29, 0.717) is 31.5 Å². The summed E-state index contributed by atoms with van der Waals surface area (Å²) in [6.07, 6.45) is 0.939. The summed E-state index contributed by atoms with van der Waals surface area (Å²) < 4.78 is 18.4. The SMILES string of the molecule is COc1ccc(CN2CCC(=O)CCC2=O)cc1F. The van der Waals surface area contributed by atoms with Crippen LogP contribution in [0.5, 0.6) is 5.75 Å². The van der Waals surface area contributed by atoms with E-state index < -0.39 is 5.82 Å². The molecule has 0 unspecified atom stereocenters. The van der Waals surface area contributed by atoms with Crippen molar-refractivity contribution in [2.24, 2.45) is 0 Å². The molecule has 0 atom stereocenters. The molecule has 0 N–H and O–H groups in total. The number of Topliss-reactive ketones (excluding diaryl/α,β-unsaturated/α-hetero) is 1. The Morgan fingerprint density at radius 1 is 1.26 bits per heavy atom. The second kappa shape index (κ2) is 5.82. The number of hydrogen-bond acceptors (Lipinski definition) is 3. The van der Waals surface area contributed by atoms with E-state index in [0.717, 1.165) is 0 Å². The highest BCUT2D eigenvalue weighted by Crippen LogP contribution is 2.20. The smallest absolute Gasteiger partial charge is 0.223 e. The molecule has 0 bridgehead atoms. The number of amides is 1. The lowest BCUT2D eigenvalue weighted by molar-refractivity contribution is -0.131. The molecule has 0 spiro atoms. The number of hydrogen-bond donors (Lipinski definition) is 0. The van der Waals surface area contributed by atoms with Gasteiger partial charge in [-0.25, -0.2) is 4.39 Å². The minimum atomic E-state index is -0.446. The monoisotopic (exact) mass is 265 g/mol. The van der Waals surface area contributed by atoms with Crippen LogP contribution in [-0.4, -0.2) is 30.2 Å². The first kappa shape index (κ1) is 13.5. The highest BCUT2D eigenvalue weighted by Gasteiger charge is 2.20. The zero-order valence-corrected chi connectivity index (χ0v) is 10.8. The van der Waals surface area contributed by atoms with E-state index in [2.05, 4.69) is 0 Å². The Morgan fingerprint density at radius 3 is 2.74 bits per heavy atom. The van der Waals surface area contributed by atoms with Gasteiger partial charge in [0.15, 0.2) is 11.6 Å². The van der Waals surface area contributed by atoms with Crippen molar-refractivity contribution in [3.63, 3.8) is 0 Å². The molecule has 1 fully saturated rings. The lowest BCUT2D eigenvalue weighted by atomic mass is 10.2. The maximum absolute atomic E-state index is 13.6. The molecule has 1 amide bonds. The Hall–Kier alpha value is -1.91. The van der Waals surface area contributed by atoms with Crippen LogP contribution in [0.2, 0.25) is 0 Å². The van der Waals surface area contributed by atoms with Crippen LogP contribution in [0.25, 0.3) is 0 Å². The van der Waals surface area contributed by atoms with Crippen molar-refractivity contribution in [2.45, 2.75) is 25.8 Å². The molecule has 5 heteroatoms. The van der Waals surface area contributed by atoms with Crippen molar-refractivity contribution in [2.75, 3.05) is 13.7 Å². The van der Waals surface area contributed by atoms with E-state index in [9.17, 15) is 14.0 Å². The summed E-state index contributed by atoms with van der Waals surface area (Å²) in [6, 6.07) is 4.62. The minimum absolute atomic E-state index is 0.0536. The standard InChI is InChI=1S/C14H16FNO3/c1-19-13-4-2-10(8-12(13)15)9-16-7-6-11(17)3-5-14(16)18/h2,4,8H,3,5-7,9H2,1H3. The molecule has 102 valence electrons. The second-order valence-electron chi connectivity index (χ2n) is 4.57. The van der Waals surface area contributed by atoms with Gasteiger partial charge in [0.1, 0.15) is 5.78 Å². The Balaban J connectivity index is 2.09. The molecular formula is C14H16FNO3. The average Bonchev–Trinajstić information content (AvgIpc) is 2.54. The maximum atomic E-state index is 13.6. The number of likely N-dealkylation sites (tertiary alicyclic amines) is 1. The van der Waals surface area contributed by atoms with Crippen molar-refractivity contribution >= 4 is 11.7 Å². The van der Waals surface area contributed by atoms with E-state index in [1.165, 1.54) is 19.2 Å². The highest BCUT2D eigenvalue weighted by atomic mass is 19.1. The highest BCUT2D eigenvalue weighted by molar-refractivity contribution is 5.87. The molecule has 0 radical (unpaired) electrons. The van der Waals surface area contributed by atoms with E-state index in [1.54, 1.807) is 11.0 Å². The van der Waals surface area contributed by atoms with E-state index in [-0.39, 0.29) is 23.9 Å². The molecule has 4 nitrogen and oxygen atoms in total. The number of carbonyl (C=O) groups excluding carboxylic acids is 2. The Kier molecular flexibility index (Phi) is 4.14. The Morgan fingerprint density at radius 2 is 2.05 bits per heavy atom. The van der Waals surface area contributed by atoms with Crippen LogP contribution in [0.4, 0.5) is 4.39 Å². The van der Waals surface area contributed by atoms with E-state index in [1.807, 2.05) is 0 Å². The molecule has 1 aromatic carbocycles. The maximum Gasteiger partial charge on any atom is 0.223 e. The summed E-state index contributed by atoms with van der Waals surface area (Å²) in [7, 11) is 1.40. The number of carbonyl (C=O) groups is 2. The number of nitrogens with zero attached hydrogens (tertiary/aromatic N) is 1. The summed E-state index contributed by atoms with van der Waals surface area (Å²) in [5, 5.41) is 0. The third-order valence-corrected chi connectivity index (χ3v) is 3.22. The summed E-state index contributed by atoms with van der Waals surface area (Å²) in [6.45, 7) is 0.734. The van der Waals surface area contributed by atoms with Gasteiger partial charge in [0.05, 0.1) is 7.11 Å². The van der Waals surface area contributed by atoms with Crippen LogP contribution in [0.3, 0.4) is 0 Å². The van der Waals surface area contributed by atoms with Crippen LogP contribution in [0, 0.1) is 5.82 Å². The lowest BCUT2D eigenvalue weighted by Crippen LogP contribution is -2.29. The van der Waals surface area contributed by atoms with E-state index in [4.69, 9.17) is 4.74 Å². The molecule has 0 aromatic heterocycles. The van der Waals surface area contributed by atoms with Crippen molar-refractivity contribution in [1.29, 1.82) is 0 Å². The van der Waals surface area contributed by atoms with Gasteiger partial charge in [-0.2, -0.15) is 0 Å². The second-order valence-corrected chi connectivity index (χ2v) is 4.57. The summed E-state index contributed by atoms with van der Waals surface area (Å²) in [4.78, 5) is 24.7. The third-order valence-electron chi connectivity index (χ3n) is 3.22. The lowest BCUT2D eigenvalue weighted by Gasteiger charge is -2.20. The quantitative estimate of drug-likeness (QED) is 0.838. The van der Waals surface area contributed by atoms with Crippen LogP contribution >= 0.6 is 0 Å². The first-order valence-electron chi connectivity index (χ1n) is 6.22. The summed E-state index contributed by atoms with van der Waals surface area (Å²) >= 11 is 0. The number of methoxy groups -OCH3 is 1. The molecule has 0 saturated carbocycles. The van der Waals surface area contributed by atoms with Gasteiger partial charge >= 0.3 is 0 Å². The van der Waals surface area contributed by atoms with Crippen molar-refractivity contribution in [3.8, 4) is 5.75 Å². The molecule has 2 rings (SSSR count). The largest absolute Gasteiger partial charge is 0.494 e. The zero-order valence-electron chi connectivity index (χ0n) is 10.8. The number of ether oxygens (including phenoxy) is 1. The van der Waals surface area contributed by atoms with E-state index >= 15 is 0 Å². The first-order valence-corrected chi connectivity index (χ1v) is 6.22. The van der Waals surface area contributed by atoms with Gasteiger partial charge in [-0.3, -0.25) is 9.59 Å². The van der Waals surface area contributed by atoms with Gasteiger partial charge in [-0.15, -0.1) is 0 Å². The van der Waals surface area contributed by atoms with Gasteiger partial charge in [0.25, 0.3) is 0 Å². The van der Waals surface area contributed by atoms with Crippen molar-refractivity contribution in [3.05, 3.63) is 29.6 Å². The number of benzene rings is 1. The molecule has 1 saturated heterocycles. The van der Waals surface area contributed by atoms with Crippen LogP contribution in [-0.2, 0) is 16.1 Å². The Labute approximate surface area is 111 Å². The van der Waals surface area contributed by atoms with Crippen molar-refractivity contribution < 1.29 is 18.7 Å². The average molecular weight is 265 g/mol. The minimum Gasteiger partial charge on any atom is -0.494 e. The Bertz CT molecular complexity index is 501. The predicted molar refractivity (Wildman–Crippen MR) is 67.2 cm³/mol. The summed E-state index contributed by atoms with van der Waals surface area (Å²) in [5.41, 5.74) is 0.695. The first-order chi connectivity index (χ1) is 9.10. The number of ketones is 1. The fourth-order valence-corrected chi connectivity index (χ4v) is 2.11. The fourth-order valence-electron chi connectivity index (χ4n) is 2.11. The van der Waals surface area contributed by atoms with Gasteiger partial charge in [-0.05, 0) is 17.7 Å². The number of rotatable bonds is 3. The normalized spacial score (nSPS) is 16.4. The van der Waals surface area contributed by atoms with Gasteiger partial charge in [0.2, 0.25) is 5.91 Å². The molecule has 19 heavy (non-hydrogen) atoms. The number of halogens is 1. The molecule has 1 heterocycles. The zero-order chi connectivity index (χ0) is 13.8. The van der Waals surface area contributed by atoms with Crippen LogP contribution in [0.15, 0.2) is 18.2 Å². The molecular weight excluding hydrogens is 249 g/mol. The van der Waals surface area contributed by atoms with Gasteiger partial charge in [0, 0.05) is 32.4 Å². The van der Waals surface area contributed by atoms with Gasteiger partial charge < -0.3 is 9.64 Å². The topological polar surface area (TPSA) is 46.6 Å². The van der Waals surface area contributed by atoms with Gasteiger partial charge in [-0.1, -0.05) is 6.07 Å². The van der Waals surface area contributed by atoms with Crippen LogP contribution in [0.1, 0.15) is 24.8 Å². The molecule has 1 aliphatic heterocycles. The van der Waals surface area contributed by atoms with Crippen molar-refractivity contribution in [1.82, 2.24) is 4.90 Å².